The van der Waals surface area contributed by atoms with E-state index in [9.17, 15) is 4.79 Å². The lowest BCUT2D eigenvalue weighted by Gasteiger charge is -2.03. The molecule has 0 aliphatic rings. The molecular weight excluding hydrogens is 314 g/mol. The van der Waals surface area contributed by atoms with Crippen molar-refractivity contribution in [3.05, 3.63) is 40.7 Å². The number of fused-ring (bicyclic) bond motifs is 1. The summed E-state index contributed by atoms with van der Waals surface area (Å²) < 4.78 is 7.19. The normalized spacial score (nSPS) is 10.8. The number of nitrogens with one attached hydrogen (secondary N) is 1. The summed E-state index contributed by atoms with van der Waals surface area (Å²) in [4.78, 5) is 20.3. The minimum Gasteiger partial charge on any atom is -0.351 e. The number of nitrogens with zero attached hydrogens (tertiary/aromatic N) is 4. The number of aryl methyl sites for hydroxylation is 1. The van der Waals surface area contributed by atoms with Crippen molar-refractivity contribution in [2.75, 3.05) is 5.32 Å². The third-order valence-corrected chi connectivity index (χ3v) is 2.95. The molecule has 3 aromatic heterocycles. The molecule has 3 rings (SSSR count). The lowest BCUT2D eigenvalue weighted by molar-refractivity contribution is 0.0987. The first-order chi connectivity index (χ1) is 9.15. The Hall–Kier alpha value is -2.22. The molecule has 1 N–H and O–H groups in total. The maximum absolute atomic E-state index is 11.9. The number of anilines is 1. The molecule has 1 amide bonds. The van der Waals surface area contributed by atoms with E-state index in [0.717, 1.165) is 0 Å². The van der Waals surface area contributed by atoms with Crippen LogP contribution in [0.2, 0.25) is 0 Å². The Morgan fingerprint density at radius 3 is 3.11 bits per heavy atom. The third-order valence-electron chi connectivity index (χ3n) is 2.55. The first-order valence-corrected chi connectivity index (χ1v) is 6.16. The molecular formula is C11H8BrN5O2. The van der Waals surface area contributed by atoms with Crippen LogP contribution in [-0.4, -0.2) is 25.4 Å². The molecule has 19 heavy (non-hydrogen) atoms. The zero-order valence-electron chi connectivity index (χ0n) is 9.79. The molecule has 0 spiro atoms. The fourth-order valence-electron chi connectivity index (χ4n) is 1.70. The molecule has 0 bridgehead atoms. The van der Waals surface area contributed by atoms with Gasteiger partial charge in [0.05, 0.1) is 18.1 Å². The van der Waals surface area contributed by atoms with Crippen LogP contribution < -0.4 is 5.32 Å². The van der Waals surface area contributed by atoms with Gasteiger partial charge in [0.1, 0.15) is 10.4 Å². The van der Waals surface area contributed by atoms with Gasteiger partial charge in [-0.1, -0.05) is 5.16 Å². The largest absolute Gasteiger partial charge is 0.351 e. The summed E-state index contributed by atoms with van der Waals surface area (Å²) in [6, 6.07) is 1.49. The molecule has 0 saturated heterocycles. The first kappa shape index (κ1) is 11.8. The summed E-state index contributed by atoms with van der Waals surface area (Å²) in [6.07, 6.45) is 4.75. The molecule has 0 aliphatic carbocycles. The standard InChI is InChI=1S/C11H8BrN5O2/c1-6-10(16-11(18)7-2-3-14-19-7)17-5-8(12)13-4-9(17)15-6/h2-5H,1H3,(H,16,18). The number of rotatable bonds is 2. The highest BCUT2D eigenvalue weighted by Gasteiger charge is 2.15. The van der Waals surface area contributed by atoms with Crippen molar-refractivity contribution in [2.45, 2.75) is 6.92 Å². The van der Waals surface area contributed by atoms with Crippen LogP contribution in [0.3, 0.4) is 0 Å². The summed E-state index contributed by atoms with van der Waals surface area (Å²) in [5.74, 6) is 0.331. The van der Waals surface area contributed by atoms with Crippen LogP contribution in [0.5, 0.6) is 0 Å². The Bertz CT molecular complexity index is 750. The minimum absolute atomic E-state index is 0.141. The Morgan fingerprint density at radius 1 is 1.53 bits per heavy atom. The van der Waals surface area contributed by atoms with Crippen LogP contribution in [0.25, 0.3) is 5.65 Å². The van der Waals surface area contributed by atoms with Crippen LogP contribution >= 0.6 is 15.9 Å². The van der Waals surface area contributed by atoms with Gasteiger partial charge in [0, 0.05) is 12.3 Å². The van der Waals surface area contributed by atoms with Crippen LogP contribution in [0.15, 0.2) is 33.8 Å². The maximum Gasteiger partial charge on any atom is 0.295 e. The van der Waals surface area contributed by atoms with Crippen molar-refractivity contribution in [1.29, 1.82) is 0 Å². The quantitative estimate of drug-likeness (QED) is 0.780. The molecule has 0 fully saturated rings. The molecule has 0 unspecified atom stereocenters. The van der Waals surface area contributed by atoms with Crippen molar-refractivity contribution in [3.63, 3.8) is 0 Å². The lowest BCUT2D eigenvalue weighted by atomic mass is 10.4. The lowest BCUT2D eigenvalue weighted by Crippen LogP contribution is -2.13. The number of imidazole rings is 1. The SMILES string of the molecule is Cc1nc2cnc(Br)cn2c1NC(=O)c1ccno1. The number of hydrogen-bond donors (Lipinski definition) is 1. The Labute approximate surface area is 115 Å². The van der Waals surface area contributed by atoms with Crippen LogP contribution in [0, 0.1) is 6.92 Å². The zero-order valence-corrected chi connectivity index (χ0v) is 11.4. The molecule has 0 aliphatic heterocycles. The molecule has 0 aromatic carbocycles. The average molecular weight is 322 g/mol. The van der Waals surface area contributed by atoms with Gasteiger partial charge in [0.15, 0.2) is 5.65 Å². The van der Waals surface area contributed by atoms with Gasteiger partial charge in [-0.2, -0.15) is 0 Å². The second-order valence-electron chi connectivity index (χ2n) is 3.81. The van der Waals surface area contributed by atoms with Gasteiger partial charge in [-0.05, 0) is 22.9 Å². The average Bonchev–Trinajstić information content (AvgIpc) is 2.99. The number of hydrogen-bond acceptors (Lipinski definition) is 5. The van der Waals surface area contributed by atoms with E-state index < -0.39 is 0 Å². The highest BCUT2D eigenvalue weighted by molar-refractivity contribution is 9.10. The van der Waals surface area contributed by atoms with Gasteiger partial charge in [0.2, 0.25) is 5.76 Å². The van der Waals surface area contributed by atoms with E-state index >= 15 is 0 Å². The van der Waals surface area contributed by atoms with Crippen molar-refractivity contribution in [2.24, 2.45) is 0 Å². The van der Waals surface area contributed by atoms with Crippen molar-refractivity contribution in [1.82, 2.24) is 19.5 Å². The third kappa shape index (κ3) is 2.10. The van der Waals surface area contributed by atoms with Gasteiger partial charge in [-0.25, -0.2) is 9.97 Å². The van der Waals surface area contributed by atoms with E-state index in [0.29, 0.717) is 21.8 Å². The van der Waals surface area contributed by atoms with Gasteiger partial charge >= 0.3 is 0 Å². The second kappa shape index (κ2) is 4.47. The number of aromatic nitrogens is 4. The van der Waals surface area contributed by atoms with Gasteiger partial charge < -0.3 is 9.84 Å². The maximum atomic E-state index is 11.9. The number of carbonyl (C=O) groups excluding carboxylic acids is 1. The van der Waals surface area contributed by atoms with E-state index in [-0.39, 0.29) is 11.7 Å². The van der Waals surface area contributed by atoms with Gasteiger partial charge in [0.25, 0.3) is 5.91 Å². The summed E-state index contributed by atoms with van der Waals surface area (Å²) in [5, 5.41) is 6.24. The van der Waals surface area contributed by atoms with E-state index in [1.807, 2.05) is 0 Å². The molecule has 96 valence electrons. The predicted octanol–water partition coefficient (Wildman–Crippen LogP) is 2.04. The molecule has 3 heterocycles. The van der Waals surface area contributed by atoms with Crippen LogP contribution in [-0.2, 0) is 0 Å². The van der Waals surface area contributed by atoms with Gasteiger partial charge in [-0.3, -0.25) is 9.20 Å². The van der Waals surface area contributed by atoms with Crippen molar-refractivity contribution < 1.29 is 9.32 Å². The minimum atomic E-state index is -0.379. The summed E-state index contributed by atoms with van der Waals surface area (Å²) in [5.41, 5.74) is 1.33. The first-order valence-electron chi connectivity index (χ1n) is 5.37. The topological polar surface area (TPSA) is 85.3 Å². The second-order valence-corrected chi connectivity index (χ2v) is 4.63. The van der Waals surface area contributed by atoms with E-state index in [2.05, 4.69) is 36.4 Å². The zero-order chi connectivity index (χ0) is 13.4. The highest BCUT2D eigenvalue weighted by atomic mass is 79.9. The summed E-state index contributed by atoms with van der Waals surface area (Å²) >= 11 is 3.28. The summed E-state index contributed by atoms with van der Waals surface area (Å²) in [6.45, 7) is 1.80. The van der Waals surface area contributed by atoms with Crippen molar-refractivity contribution >= 4 is 33.3 Å². The molecule has 7 nitrogen and oxygen atoms in total. The van der Waals surface area contributed by atoms with E-state index in [1.165, 1.54) is 12.3 Å². The van der Waals surface area contributed by atoms with Gasteiger partial charge in [-0.15, -0.1) is 0 Å². The number of carbonyl (C=O) groups is 1. The van der Waals surface area contributed by atoms with E-state index in [4.69, 9.17) is 4.52 Å². The molecule has 0 radical (unpaired) electrons. The Kier molecular flexibility index (Phi) is 2.79. The number of halogens is 1. The van der Waals surface area contributed by atoms with E-state index in [1.54, 1.807) is 23.7 Å². The smallest absolute Gasteiger partial charge is 0.295 e. The fraction of sp³-hybridized carbons (Fsp3) is 0.0909. The molecule has 3 aromatic rings. The summed E-state index contributed by atoms with van der Waals surface area (Å²) in [7, 11) is 0. The monoisotopic (exact) mass is 321 g/mol. The molecule has 8 heteroatoms. The highest BCUT2D eigenvalue weighted by Crippen LogP contribution is 2.19. The van der Waals surface area contributed by atoms with Crippen molar-refractivity contribution in [3.8, 4) is 0 Å². The molecule has 0 saturated carbocycles. The predicted molar refractivity (Wildman–Crippen MR) is 69.9 cm³/mol. The molecule has 0 atom stereocenters. The number of amides is 1. The Morgan fingerprint density at radius 2 is 2.37 bits per heavy atom. The van der Waals surface area contributed by atoms with Crippen LogP contribution in [0.4, 0.5) is 5.82 Å². The Balaban J connectivity index is 2.03. The van der Waals surface area contributed by atoms with Crippen LogP contribution in [0.1, 0.15) is 16.2 Å². The fourth-order valence-corrected chi connectivity index (χ4v) is 2.01.